The molecular weight excluding hydrogens is 460 g/mol. The molecule has 1 heterocycles. The smallest absolute Gasteiger partial charge is 0.191 e. The zero-order valence-corrected chi connectivity index (χ0v) is 18.5. The molecule has 0 aliphatic heterocycles. The van der Waals surface area contributed by atoms with E-state index in [9.17, 15) is 4.39 Å². The summed E-state index contributed by atoms with van der Waals surface area (Å²) in [6.07, 6.45) is 3.48. The van der Waals surface area contributed by atoms with Gasteiger partial charge in [-0.05, 0) is 18.6 Å². The van der Waals surface area contributed by atoms with Gasteiger partial charge in [0.15, 0.2) is 5.96 Å². The predicted octanol–water partition coefficient (Wildman–Crippen LogP) is 2.29. The number of aryl methyl sites for hydroxylation is 1. The summed E-state index contributed by atoms with van der Waals surface area (Å²) >= 11 is 0. The van der Waals surface area contributed by atoms with E-state index in [0.29, 0.717) is 5.69 Å². The first-order valence-corrected chi connectivity index (χ1v) is 8.92. The molecule has 0 saturated heterocycles. The lowest BCUT2D eigenvalue weighted by Crippen LogP contribution is -2.40. The van der Waals surface area contributed by atoms with Crippen LogP contribution >= 0.6 is 24.0 Å². The summed E-state index contributed by atoms with van der Waals surface area (Å²) in [5, 5.41) is 14.6. The quantitative estimate of drug-likeness (QED) is 0.245. The number of aromatic nitrogens is 3. The van der Waals surface area contributed by atoms with Crippen LogP contribution in [0.2, 0.25) is 0 Å². The Morgan fingerprint density at radius 3 is 2.70 bits per heavy atom. The van der Waals surface area contributed by atoms with Crippen molar-refractivity contribution in [1.82, 2.24) is 25.4 Å². The molecule has 0 unspecified atom stereocenters. The molecule has 27 heavy (non-hydrogen) atoms. The molecule has 0 radical (unpaired) electrons. The molecule has 1 aromatic carbocycles. The van der Waals surface area contributed by atoms with E-state index in [4.69, 9.17) is 0 Å². The summed E-state index contributed by atoms with van der Waals surface area (Å²) in [5.74, 6) is 1.54. The summed E-state index contributed by atoms with van der Waals surface area (Å²) in [7, 11) is 3.65. The van der Waals surface area contributed by atoms with Crippen LogP contribution in [0.1, 0.15) is 19.2 Å². The van der Waals surface area contributed by atoms with Gasteiger partial charge in [-0.2, -0.15) is 0 Å². The molecule has 2 N–H and O–H groups in total. The van der Waals surface area contributed by atoms with E-state index in [2.05, 4.69) is 32.7 Å². The van der Waals surface area contributed by atoms with Gasteiger partial charge in [-0.25, -0.2) is 4.39 Å². The lowest BCUT2D eigenvalue weighted by molar-refractivity contribution is 0.617. The number of hydrogen-bond acceptors (Lipinski definition) is 4. The zero-order chi connectivity index (χ0) is 18.8. The van der Waals surface area contributed by atoms with Crippen LogP contribution in [0.3, 0.4) is 0 Å². The Hall–Kier alpha value is -1.91. The molecule has 150 valence electrons. The normalized spacial score (nSPS) is 11.0. The number of guanidine groups is 1. The fraction of sp³-hybridized carbons (Fsp3) is 0.500. The third-order valence-corrected chi connectivity index (χ3v) is 4.11. The zero-order valence-electron chi connectivity index (χ0n) is 16.2. The van der Waals surface area contributed by atoms with Crippen LogP contribution in [-0.2, 0) is 13.0 Å². The molecule has 0 bridgehead atoms. The number of halogens is 2. The minimum absolute atomic E-state index is 0. The topological polar surface area (TPSA) is 70.4 Å². The van der Waals surface area contributed by atoms with Crippen molar-refractivity contribution in [2.45, 2.75) is 26.3 Å². The number of rotatable bonds is 9. The third kappa shape index (κ3) is 7.31. The van der Waals surface area contributed by atoms with Crippen molar-refractivity contribution in [3.63, 3.8) is 0 Å². The van der Waals surface area contributed by atoms with Gasteiger partial charge in [0.05, 0.1) is 5.69 Å². The van der Waals surface area contributed by atoms with Gasteiger partial charge < -0.3 is 20.1 Å². The molecule has 7 nitrogen and oxygen atoms in total. The minimum Gasteiger partial charge on any atom is -0.372 e. The molecule has 0 atom stereocenters. The lowest BCUT2D eigenvalue weighted by atomic mass is 10.2. The van der Waals surface area contributed by atoms with Crippen molar-refractivity contribution in [3.05, 3.63) is 42.2 Å². The molecule has 9 heteroatoms. The van der Waals surface area contributed by atoms with Crippen LogP contribution in [0, 0.1) is 5.82 Å². The molecule has 2 rings (SSSR count). The Labute approximate surface area is 177 Å². The Bertz CT molecular complexity index is 705. The average molecular weight is 489 g/mol. The molecular formula is C18H29FIN7. The van der Waals surface area contributed by atoms with Gasteiger partial charge in [0.2, 0.25) is 0 Å². The number of benzene rings is 1. The Kier molecular flexibility index (Phi) is 10.7. The SMILES string of the molecule is CCc1nncn1CCNC(=NC)NCCCN(C)c1ccccc1F.I. The maximum Gasteiger partial charge on any atom is 0.191 e. The first kappa shape index (κ1) is 23.1. The summed E-state index contributed by atoms with van der Waals surface area (Å²) in [6, 6.07) is 6.82. The summed E-state index contributed by atoms with van der Waals surface area (Å²) in [6.45, 7) is 5.09. The van der Waals surface area contributed by atoms with E-state index in [0.717, 1.165) is 50.8 Å². The van der Waals surface area contributed by atoms with Gasteiger partial charge >= 0.3 is 0 Å². The highest BCUT2D eigenvalue weighted by Crippen LogP contribution is 2.16. The van der Waals surface area contributed by atoms with E-state index >= 15 is 0 Å². The van der Waals surface area contributed by atoms with Crippen LogP contribution in [0.15, 0.2) is 35.6 Å². The highest BCUT2D eigenvalue weighted by molar-refractivity contribution is 14.0. The lowest BCUT2D eigenvalue weighted by Gasteiger charge is -2.20. The van der Waals surface area contributed by atoms with Gasteiger partial charge in [-0.3, -0.25) is 4.99 Å². The van der Waals surface area contributed by atoms with Crippen molar-refractivity contribution in [2.24, 2.45) is 4.99 Å². The summed E-state index contributed by atoms with van der Waals surface area (Å²) < 4.78 is 15.8. The van der Waals surface area contributed by atoms with E-state index in [1.165, 1.54) is 6.07 Å². The highest BCUT2D eigenvalue weighted by atomic mass is 127. The van der Waals surface area contributed by atoms with E-state index in [1.54, 1.807) is 25.5 Å². The summed E-state index contributed by atoms with van der Waals surface area (Å²) in [5.41, 5.74) is 0.621. The number of aliphatic imine (C=N–C) groups is 1. The van der Waals surface area contributed by atoms with Crippen molar-refractivity contribution < 1.29 is 4.39 Å². The average Bonchev–Trinajstić information content (AvgIpc) is 3.11. The second kappa shape index (κ2) is 12.5. The number of hydrogen-bond donors (Lipinski definition) is 2. The van der Waals surface area contributed by atoms with Crippen LogP contribution in [0.25, 0.3) is 0 Å². The molecule has 0 saturated carbocycles. The van der Waals surface area contributed by atoms with E-state index in [-0.39, 0.29) is 29.8 Å². The molecule has 0 amide bonds. The maximum atomic E-state index is 13.7. The Morgan fingerprint density at radius 2 is 2.00 bits per heavy atom. The molecule has 0 spiro atoms. The van der Waals surface area contributed by atoms with E-state index in [1.807, 2.05) is 22.6 Å². The Balaban J connectivity index is 0.00000364. The number of nitrogens with zero attached hydrogens (tertiary/aromatic N) is 5. The second-order valence-electron chi connectivity index (χ2n) is 5.95. The number of para-hydroxylation sites is 1. The van der Waals surface area contributed by atoms with Crippen LogP contribution in [0.5, 0.6) is 0 Å². The fourth-order valence-electron chi connectivity index (χ4n) is 2.66. The Morgan fingerprint density at radius 1 is 1.26 bits per heavy atom. The van der Waals surface area contributed by atoms with E-state index < -0.39 is 0 Å². The largest absolute Gasteiger partial charge is 0.372 e. The van der Waals surface area contributed by atoms with Crippen molar-refractivity contribution in [2.75, 3.05) is 38.6 Å². The van der Waals surface area contributed by atoms with Crippen molar-refractivity contribution >= 4 is 35.6 Å². The standard InChI is InChI=1S/C18H28FN7.HI/c1-4-17-24-23-14-26(17)13-11-22-18(20-2)21-10-7-12-25(3)16-9-6-5-8-15(16)19;/h5-6,8-9,14H,4,7,10-13H2,1-3H3,(H2,20,21,22);1H. The van der Waals surface area contributed by atoms with Crippen LogP contribution in [-0.4, -0.2) is 54.5 Å². The second-order valence-corrected chi connectivity index (χ2v) is 5.95. The molecule has 0 aliphatic rings. The predicted molar refractivity (Wildman–Crippen MR) is 118 cm³/mol. The van der Waals surface area contributed by atoms with Crippen molar-refractivity contribution in [3.8, 4) is 0 Å². The third-order valence-electron chi connectivity index (χ3n) is 4.11. The van der Waals surface area contributed by atoms with Gasteiger partial charge in [0.1, 0.15) is 18.0 Å². The molecule has 1 aromatic heterocycles. The highest BCUT2D eigenvalue weighted by Gasteiger charge is 2.06. The van der Waals surface area contributed by atoms with Gasteiger partial charge in [-0.15, -0.1) is 34.2 Å². The fourth-order valence-corrected chi connectivity index (χ4v) is 2.66. The first-order valence-electron chi connectivity index (χ1n) is 8.92. The van der Waals surface area contributed by atoms with Crippen LogP contribution < -0.4 is 15.5 Å². The minimum atomic E-state index is -0.194. The first-order chi connectivity index (χ1) is 12.7. The molecule has 0 aliphatic carbocycles. The van der Waals surface area contributed by atoms with Crippen molar-refractivity contribution in [1.29, 1.82) is 0 Å². The number of anilines is 1. The molecule has 2 aromatic rings. The van der Waals surface area contributed by atoms with Gasteiger partial charge in [0.25, 0.3) is 0 Å². The van der Waals surface area contributed by atoms with Gasteiger partial charge in [0, 0.05) is 46.7 Å². The monoisotopic (exact) mass is 489 g/mol. The van der Waals surface area contributed by atoms with Gasteiger partial charge in [-0.1, -0.05) is 19.1 Å². The maximum absolute atomic E-state index is 13.7. The summed E-state index contributed by atoms with van der Waals surface area (Å²) in [4.78, 5) is 6.14. The number of nitrogens with one attached hydrogen (secondary N) is 2. The van der Waals surface area contributed by atoms with Crippen LogP contribution in [0.4, 0.5) is 10.1 Å². The molecule has 0 fully saturated rings.